The molecule has 94 valence electrons. The fraction of sp³-hybridized carbons (Fsp3) is 0.667. The van der Waals surface area contributed by atoms with Gasteiger partial charge in [0.05, 0.1) is 11.2 Å². The van der Waals surface area contributed by atoms with E-state index in [4.69, 9.17) is 5.73 Å². The van der Waals surface area contributed by atoms with E-state index in [2.05, 4.69) is 4.98 Å². The topological polar surface area (TPSA) is 59.2 Å². The minimum atomic E-state index is 0.136. The minimum absolute atomic E-state index is 0.136. The summed E-state index contributed by atoms with van der Waals surface area (Å²) in [7, 11) is 0. The molecule has 1 saturated heterocycles. The Bertz CT molecular complexity index is 389. The lowest BCUT2D eigenvalue weighted by Gasteiger charge is -2.32. The summed E-state index contributed by atoms with van der Waals surface area (Å²) in [4.78, 5) is 19.1. The smallest absolute Gasteiger partial charge is 0.265 e. The number of carbonyl (C=O) groups is 1. The van der Waals surface area contributed by atoms with Gasteiger partial charge in [-0.1, -0.05) is 0 Å². The maximum atomic E-state index is 12.2. The monoisotopic (exact) mass is 253 g/mol. The van der Waals surface area contributed by atoms with Crippen molar-refractivity contribution in [3.63, 3.8) is 0 Å². The van der Waals surface area contributed by atoms with Gasteiger partial charge in [-0.05, 0) is 38.6 Å². The second kappa shape index (κ2) is 5.60. The lowest BCUT2D eigenvalue weighted by atomic mass is 9.95. The van der Waals surface area contributed by atoms with Gasteiger partial charge in [-0.2, -0.15) is 0 Å². The number of aromatic nitrogens is 1. The molecular weight excluding hydrogens is 234 g/mol. The molecule has 0 radical (unpaired) electrons. The Balaban J connectivity index is 1.99. The molecule has 17 heavy (non-hydrogen) atoms. The number of carbonyl (C=O) groups excluding carboxylic acids is 1. The van der Waals surface area contributed by atoms with Gasteiger partial charge < -0.3 is 10.6 Å². The van der Waals surface area contributed by atoms with E-state index in [1.165, 1.54) is 17.8 Å². The highest BCUT2D eigenvalue weighted by Gasteiger charge is 2.24. The van der Waals surface area contributed by atoms with Crippen molar-refractivity contribution in [3.8, 4) is 0 Å². The first kappa shape index (κ1) is 12.5. The van der Waals surface area contributed by atoms with Crippen LogP contribution in [0.5, 0.6) is 0 Å². The fourth-order valence-electron chi connectivity index (χ4n) is 2.34. The summed E-state index contributed by atoms with van der Waals surface area (Å²) >= 11 is 1.48. The molecule has 0 aromatic carbocycles. The first-order chi connectivity index (χ1) is 8.20. The molecule has 1 unspecified atom stereocenters. The molecule has 2 N–H and O–H groups in total. The Hall–Kier alpha value is -0.940. The van der Waals surface area contributed by atoms with E-state index in [-0.39, 0.29) is 5.91 Å². The third kappa shape index (κ3) is 3.04. The van der Waals surface area contributed by atoms with Gasteiger partial charge in [-0.15, -0.1) is 11.3 Å². The number of thiazole rings is 1. The zero-order valence-electron chi connectivity index (χ0n) is 10.2. The number of hydrogen-bond donors (Lipinski definition) is 1. The predicted molar refractivity (Wildman–Crippen MR) is 69.1 cm³/mol. The molecule has 1 aromatic heterocycles. The Morgan fingerprint density at radius 3 is 3.18 bits per heavy atom. The molecule has 2 rings (SSSR count). The van der Waals surface area contributed by atoms with Crippen LogP contribution in [0.15, 0.2) is 6.20 Å². The van der Waals surface area contributed by atoms with Gasteiger partial charge in [-0.3, -0.25) is 4.79 Å². The number of piperidine rings is 1. The molecule has 1 amide bonds. The van der Waals surface area contributed by atoms with Crippen LogP contribution in [0.3, 0.4) is 0 Å². The minimum Gasteiger partial charge on any atom is -0.338 e. The summed E-state index contributed by atoms with van der Waals surface area (Å²) in [6.45, 7) is 4.37. The Labute approximate surface area is 106 Å². The van der Waals surface area contributed by atoms with E-state index >= 15 is 0 Å². The van der Waals surface area contributed by atoms with Crippen LogP contribution in [0.4, 0.5) is 0 Å². The van der Waals surface area contributed by atoms with Crippen molar-refractivity contribution >= 4 is 17.2 Å². The van der Waals surface area contributed by atoms with Crippen LogP contribution in [0, 0.1) is 12.8 Å². The molecule has 0 bridgehead atoms. The number of likely N-dealkylation sites (tertiary alicyclic amines) is 1. The van der Waals surface area contributed by atoms with Gasteiger partial charge in [0.25, 0.3) is 5.91 Å². The molecular formula is C12H19N3OS. The number of nitrogens with two attached hydrogens (primary N) is 1. The molecule has 1 aliphatic heterocycles. The number of amides is 1. The third-order valence-electron chi connectivity index (χ3n) is 3.21. The predicted octanol–water partition coefficient (Wildman–Crippen LogP) is 1.65. The van der Waals surface area contributed by atoms with E-state index in [0.717, 1.165) is 35.8 Å². The van der Waals surface area contributed by atoms with Crippen LogP contribution in [0.25, 0.3) is 0 Å². The van der Waals surface area contributed by atoms with Gasteiger partial charge in [-0.25, -0.2) is 4.98 Å². The van der Waals surface area contributed by atoms with Crippen molar-refractivity contribution in [1.82, 2.24) is 9.88 Å². The van der Waals surface area contributed by atoms with E-state index < -0.39 is 0 Å². The average Bonchev–Trinajstić information content (AvgIpc) is 2.76. The van der Waals surface area contributed by atoms with Crippen molar-refractivity contribution in [1.29, 1.82) is 0 Å². The zero-order valence-corrected chi connectivity index (χ0v) is 11.0. The molecule has 1 aliphatic rings. The van der Waals surface area contributed by atoms with Gasteiger partial charge in [0, 0.05) is 13.1 Å². The summed E-state index contributed by atoms with van der Waals surface area (Å²) in [5.41, 5.74) is 5.58. The summed E-state index contributed by atoms with van der Waals surface area (Å²) in [5, 5.41) is 0.948. The summed E-state index contributed by atoms with van der Waals surface area (Å²) < 4.78 is 0. The zero-order chi connectivity index (χ0) is 12.3. The number of hydrogen-bond acceptors (Lipinski definition) is 4. The standard InChI is InChI=1S/C12H19N3OS/c1-9-14-7-11(17-9)12(16)15-6-2-3-10(8-15)4-5-13/h7,10H,2-6,8,13H2,1H3. The van der Waals surface area contributed by atoms with Crippen LogP contribution in [0.2, 0.25) is 0 Å². The largest absolute Gasteiger partial charge is 0.338 e. The van der Waals surface area contributed by atoms with Crippen molar-refractivity contribution < 1.29 is 4.79 Å². The lowest BCUT2D eigenvalue weighted by Crippen LogP contribution is -2.40. The summed E-state index contributed by atoms with van der Waals surface area (Å²) in [6, 6.07) is 0. The average molecular weight is 253 g/mol. The molecule has 1 fully saturated rings. The quantitative estimate of drug-likeness (QED) is 0.891. The second-order valence-corrected chi connectivity index (χ2v) is 5.82. The van der Waals surface area contributed by atoms with Crippen molar-refractivity contribution in [2.24, 2.45) is 11.7 Å². The lowest BCUT2D eigenvalue weighted by molar-refractivity contribution is 0.0674. The normalized spacial score (nSPS) is 20.6. The molecule has 1 aromatic rings. The Morgan fingerprint density at radius 1 is 1.71 bits per heavy atom. The summed E-state index contributed by atoms with van der Waals surface area (Å²) in [6.07, 6.45) is 5.00. The van der Waals surface area contributed by atoms with E-state index in [1.54, 1.807) is 6.20 Å². The van der Waals surface area contributed by atoms with Gasteiger partial charge in [0.1, 0.15) is 4.88 Å². The number of nitrogens with zero attached hydrogens (tertiary/aromatic N) is 2. The Kier molecular flexibility index (Phi) is 4.12. The van der Waals surface area contributed by atoms with Crippen molar-refractivity contribution in [2.45, 2.75) is 26.2 Å². The number of aryl methyl sites for hydroxylation is 1. The van der Waals surface area contributed by atoms with E-state index in [0.29, 0.717) is 12.5 Å². The molecule has 1 atom stereocenters. The van der Waals surface area contributed by atoms with Gasteiger partial charge in [0.2, 0.25) is 0 Å². The first-order valence-corrected chi connectivity index (χ1v) is 6.94. The van der Waals surface area contributed by atoms with Crippen LogP contribution in [-0.4, -0.2) is 35.4 Å². The van der Waals surface area contributed by atoms with Gasteiger partial charge in [0.15, 0.2) is 0 Å². The fourth-order valence-corrected chi connectivity index (χ4v) is 3.08. The Morgan fingerprint density at radius 2 is 2.53 bits per heavy atom. The summed E-state index contributed by atoms with van der Waals surface area (Å²) in [5.74, 6) is 0.712. The molecule has 0 saturated carbocycles. The molecule has 2 heterocycles. The van der Waals surface area contributed by atoms with Crippen molar-refractivity contribution in [2.75, 3.05) is 19.6 Å². The van der Waals surface area contributed by atoms with Crippen LogP contribution < -0.4 is 5.73 Å². The first-order valence-electron chi connectivity index (χ1n) is 6.12. The van der Waals surface area contributed by atoms with E-state index in [9.17, 15) is 4.79 Å². The molecule has 0 aliphatic carbocycles. The molecule has 0 spiro atoms. The second-order valence-electron chi connectivity index (χ2n) is 4.58. The maximum Gasteiger partial charge on any atom is 0.265 e. The molecule has 4 nitrogen and oxygen atoms in total. The van der Waals surface area contributed by atoms with Crippen LogP contribution in [0.1, 0.15) is 33.9 Å². The highest BCUT2D eigenvalue weighted by molar-refractivity contribution is 7.13. The van der Waals surface area contributed by atoms with Crippen molar-refractivity contribution in [3.05, 3.63) is 16.1 Å². The van der Waals surface area contributed by atoms with Crippen LogP contribution >= 0.6 is 11.3 Å². The highest BCUT2D eigenvalue weighted by Crippen LogP contribution is 2.22. The maximum absolute atomic E-state index is 12.2. The number of rotatable bonds is 3. The van der Waals surface area contributed by atoms with E-state index in [1.807, 2.05) is 11.8 Å². The highest BCUT2D eigenvalue weighted by atomic mass is 32.1. The third-order valence-corrected chi connectivity index (χ3v) is 4.11. The van der Waals surface area contributed by atoms with Crippen LogP contribution in [-0.2, 0) is 0 Å². The molecule has 5 heteroatoms. The SMILES string of the molecule is Cc1ncc(C(=O)N2CCCC(CCN)C2)s1. The van der Waals surface area contributed by atoms with Gasteiger partial charge >= 0.3 is 0 Å².